The first-order valence-corrected chi connectivity index (χ1v) is 7.42. The fourth-order valence-electron chi connectivity index (χ4n) is 2.46. The zero-order valence-electron chi connectivity index (χ0n) is 13.1. The Hall–Kier alpha value is -1.19. The molecule has 0 aromatic heterocycles. The van der Waals surface area contributed by atoms with Gasteiger partial charge in [0.2, 0.25) is 0 Å². The zero-order valence-corrected chi connectivity index (χ0v) is 13.1. The number of hydrogen-bond donors (Lipinski definition) is 0. The van der Waals surface area contributed by atoms with Crippen molar-refractivity contribution in [3.63, 3.8) is 0 Å². The molecule has 3 nitrogen and oxygen atoms in total. The van der Waals surface area contributed by atoms with Crippen LogP contribution in [0, 0.1) is 5.92 Å². The van der Waals surface area contributed by atoms with E-state index in [2.05, 4.69) is 25.7 Å². The summed E-state index contributed by atoms with van der Waals surface area (Å²) < 4.78 is 5.18. The summed E-state index contributed by atoms with van der Waals surface area (Å²) in [6, 6.07) is 9.51. The predicted octanol–water partition coefficient (Wildman–Crippen LogP) is 3.25. The quantitative estimate of drug-likeness (QED) is 0.649. The van der Waals surface area contributed by atoms with Gasteiger partial charge in [-0.05, 0) is 12.3 Å². The molecule has 1 unspecified atom stereocenters. The van der Waals surface area contributed by atoms with Crippen LogP contribution in [-0.4, -0.2) is 43.5 Å². The molecular formula is C17H27NO2. The number of methoxy groups -OCH3 is 1. The highest BCUT2D eigenvalue weighted by Gasteiger charge is 2.25. The van der Waals surface area contributed by atoms with Crippen LogP contribution in [0.2, 0.25) is 0 Å². The summed E-state index contributed by atoms with van der Waals surface area (Å²) >= 11 is 0. The number of carbonyl (C=O) groups excluding carboxylic acids is 1. The Morgan fingerprint density at radius 3 is 2.40 bits per heavy atom. The van der Waals surface area contributed by atoms with Crippen LogP contribution in [0.25, 0.3) is 0 Å². The van der Waals surface area contributed by atoms with E-state index in [4.69, 9.17) is 4.74 Å². The first kappa shape index (κ1) is 16.9. The normalized spacial score (nSPS) is 12.9. The highest BCUT2D eigenvalue weighted by molar-refractivity contribution is 6.00. The van der Waals surface area contributed by atoms with Gasteiger partial charge in [0.05, 0.1) is 12.6 Å². The third kappa shape index (κ3) is 5.06. The Morgan fingerprint density at radius 2 is 1.90 bits per heavy atom. The second-order valence-electron chi connectivity index (χ2n) is 5.54. The Kier molecular flexibility index (Phi) is 7.48. The van der Waals surface area contributed by atoms with Gasteiger partial charge in [0.1, 0.15) is 0 Å². The summed E-state index contributed by atoms with van der Waals surface area (Å²) in [5.41, 5.74) is 0.797. The molecule has 0 spiro atoms. The lowest BCUT2D eigenvalue weighted by molar-refractivity contribution is 0.0712. The first-order chi connectivity index (χ1) is 9.60. The van der Waals surface area contributed by atoms with Crippen LogP contribution in [0.15, 0.2) is 30.3 Å². The minimum atomic E-state index is -0.0602. The molecule has 1 rings (SSSR count). The molecule has 0 radical (unpaired) electrons. The molecule has 0 fully saturated rings. The second kappa shape index (κ2) is 8.88. The molecule has 1 atom stereocenters. The van der Waals surface area contributed by atoms with Crippen LogP contribution in [-0.2, 0) is 4.74 Å². The van der Waals surface area contributed by atoms with Gasteiger partial charge < -0.3 is 4.74 Å². The highest BCUT2D eigenvalue weighted by Crippen LogP contribution is 2.14. The topological polar surface area (TPSA) is 29.5 Å². The van der Waals surface area contributed by atoms with Gasteiger partial charge in [0.15, 0.2) is 5.78 Å². The number of ether oxygens (including phenoxy) is 1. The SMILES string of the molecule is CCC(C(=O)c1ccccc1)N(CCOC)CC(C)C. The molecule has 0 heterocycles. The molecule has 1 aromatic rings. The van der Waals surface area contributed by atoms with E-state index in [1.807, 2.05) is 30.3 Å². The van der Waals surface area contributed by atoms with Crippen LogP contribution in [0.5, 0.6) is 0 Å². The Bertz CT molecular complexity index is 389. The number of hydrogen-bond acceptors (Lipinski definition) is 3. The van der Waals surface area contributed by atoms with E-state index in [0.29, 0.717) is 12.5 Å². The second-order valence-corrected chi connectivity index (χ2v) is 5.54. The molecule has 0 aliphatic carbocycles. The maximum absolute atomic E-state index is 12.7. The minimum Gasteiger partial charge on any atom is -0.383 e. The highest BCUT2D eigenvalue weighted by atomic mass is 16.5. The lowest BCUT2D eigenvalue weighted by atomic mass is 9.99. The van der Waals surface area contributed by atoms with Crippen molar-refractivity contribution in [1.82, 2.24) is 4.90 Å². The van der Waals surface area contributed by atoms with Crippen molar-refractivity contribution in [3.8, 4) is 0 Å². The maximum atomic E-state index is 12.7. The van der Waals surface area contributed by atoms with E-state index in [9.17, 15) is 4.79 Å². The number of rotatable bonds is 9. The van der Waals surface area contributed by atoms with Gasteiger partial charge in [-0.15, -0.1) is 0 Å². The van der Waals surface area contributed by atoms with Crippen molar-refractivity contribution in [2.24, 2.45) is 5.92 Å². The van der Waals surface area contributed by atoms with E-state index in [1.54, 1.807) is 7.11 Å². The third-order valence-corrected chi connectivity index (χ3v) is 3.37. The van der Waals surface area contributed by atoms with Crippen LogP contribution in [0.1, 0.15) is 37.6 Å². The van der Waals surface area contributed by atoms with Crippen molar-refractivity contribution in [1.29, 1.82) is 0 Å². The molecular weight excluding hydrogens is 250 g/mol. The first-order valence-electron chi connectivity index (χ1n) is 7.42. The van der Waals surface area contributed by atoms with Gasteiger partial charge in [-0.2, -0.15) is 0 Å². The smallest absolute Gasteiger partial charge is 0.179 e. The molecule has 0 aliphatic rings. The Morgan fingerprint density at radius 1 is 1.25 bits per heavy atom. The fraction of sp³-hybridized carbons (Fsp3) is 0.588. The number of nitrogens with zero attached hydrogens (tertiary/aromatic N) is 1. The van der Waals surface area contributed by atoms with Gasteiger partial charge in [-0.25, -0.2) is 0 Å². The molecule has 0 bridgehead atoms. The van der Waals surface area contributed by atoms with E-state index in [1.165, 1.54) is 0 Å². The predicted molar refractivity (Wildman–Crippen MR) is 83.1 cm³/mol. The number of Topliss-reactive ketones (excluding diaryl/α,β-unsaturated/α-hetero) is 1. The number of carbonyl (C=O) groups is 1. The summed E-state index contributed by atoms with van der Waals surface area (Å²) in [5.74, 6) is 0.745. The van der Waals surface area contributed by atoms with Crippen LogP contribution < -0.4 is 0 Å². The molecule has 112 valence electrons. The molecule has 0 saturated carbocycles. The molecule has 0 N–H and O–H groups in total. The molecule has 20 heavy (non-hydrogen) atoms. The standard InChI is InChI=1S/C17H27NO2/c1-5-16(17(19)15-9-7-6-8-10-15)18(11-12-20-4)13-14(2)3/h6-10,14,16H,5,11-13H2,1-4H3. The minimum absolute atomic E-state index is 0.0602. The van der Waals surface area contributed by atoms with Crippen molar-refractivity contribution in [3.05, 3.63) is 35.9 Å². The van der Waals surface area contributed by atoms with E-state index in [0.717, 1.165) is 25.1 Å². The summed E-state index contributed by atoms with van der Waals surface area (Å²) in [4.78, 5) is 14.9. The van der Waals surface area contributed by atoms with Crippen molar-refractivity contribution < 1.29 is 9.53 Å². The lowest BCUT2D eigenvalue weighted by Crippen LogP contribution is -2.44. The molecule has 0 amide bonds. The van der Waals surface area contributed by atoms with Gasteiger partial charge in [0.25, 0.3) is 0 Å². The van der Waals surface area contributed by atoms with Crippen molar-refractivity contribution in [2.45, 2.75) is 33.2 Å². The van der Waals surface area contributed by atoms with E-state index >= 15 is 0 Å². The van der Waals surface area contributed by atoms with Crippen LogP contribution in [0.4, 0.5) is 0 Å². The Labute approximate surface area is 122 Å². The largest absolute Gasteiger partial charge is 0.383 e. The monoisotopic (exact) mass is 277 g/mol. The summed E-state index contributed by atoms with van der Waals surface area (Å²) in [6.07, 6.45) is 0.824. The van der Waals surface area contributed by atoms with Crippen molar-refractivity contribution in [2.75, 3.05) is 26.8 Å². The number of ketones is 1. The number of benzene rings is 1. The molecule has 0 saturated heterocycles. The molecule has 0 aliphatic heterocycles. The Balaban J connectivity index is 2.85. The van der Waals surface area contributed by atoms with Crippen molar-refractivity contribution >= 4 is 5.78 Å². The van der Waals surface area contributed by atoms with E-state index < -0.39 is 0 Å². The fourth-order valence-corrected chi connectivity index (χ4v) is 2.46. The average molecular weight is 277 g/mol. The summed E-state index contributed by atoms with van der Waals surface area (Å²) in [7, 11) is 1.70. The molecule has 1 aromatic carbocycles. The lowest BCUT2D eigenvalue weighted by Gasteiger charge is -2.31. The van der Waals surface area contributed by atoms with Gasteiger partial charge in [-0.3, -0.25) is 9.69 Å². The van der Waals surface area contributed by atoms with Gasteiger partial charge in [-0.1, -0.05) is 51.1 Å². The summed E-state index contributed by atoms with van der Waals surface area (Å²) in [5, 5.41) is 0. The summed E-state index contributed by atoms with van der Waals surface area (Å²) in [6.45, 7) is 8.81. The third-order valence-electron chi connectivity index (χ3n) is 3.37. The van der Waals surface area contributed by atoms with Crippen LogP contribution >= 0.6 is 0 Å². The molecule has 3 heteroatoms. The van der Waals surface area contributed by atoms with Gasteiger partial charge >= 0.3 is 0 Å². The van der Waals surface area contributed by atoms with Gasteiger partial charge in [0, 0.05) is 25.8 Å². The van der Waals surface area contributed by atoms with E-state index in [-0.39, 0.29) is 11.8 Å². The maximum Gasteiger partial charge on any atom is 0.179 e. The van der Waals surface area contributed by atoms with Crippen LogP contribution in [0.3, 0.4) is 0 Å². The zero-order chi connectivity index (χ0) is 15.0. The average Bonchev–Trinajstić information content (AvgIpc) is 2.45.